The second-order valence-corrected chi connectivity index (χ2v) is 4.25. The van der Waals surface area contributed by atoms with Gasteiger partial charge in [0.2, 0.25) is 0 Å². The zero-order valence-electron chi connectivity index (χ0n) is 11.2. The second kappa shape index (κ2) is 9.17. The Balaban J connectivity index is 4.35. The van der Waals surface area contributed by atoms with Crippen LogP contribution >= 0.6 is 0 Å². The molecule has 0 aliphatic rings. The maximum atomic E-state index is 5.86. The minimum Gasteiger partial charge on any atom is -0.377 e. The molecule has 0 aromatic heterocycles. The first-order chi connectivity index (χ1) is 7.21. The van der Waals surface area contributed by atoms with E-state index in [1.807, 2.05) is 0 Å². The molecule has 15 heavy (non-hydrogen) atoms. The van der Waals surface area contributed by atoms with Gasteiger partial charge < -0.3 is 10.1 Å². The Morgan fingerprint density at radius 2 is 1.80 bits per heavy atom. The summed E-state index contributed by atoms with van der Waals surface area (Å²) in [6.45, 7) is 12.9. The smallest absolute Gasteiger partial charge is 0.0730 e. The third kappa shape index (κ3) is 5.53. The molecule has 0 aromatic rings. The van der Waals surface area contributed by atoms with E-state index in [2.05, 4.69) is 39.9 Å². The van der Waals surface area contributed by atoms with Crippen LogP contribution in [0.1, 0.15) is 53.9 Å². The minimum absolute atomic E-state index is 0.384. The summed E-state index contributed by atoms with van der Waals surface area (Å²) in [6, 6.07) is 0.514. The molecule has 0 amide bonds. The van der Waals surface area contributed by atoms with Crippen molar-refractivity contribution in [1.29, 1.82) is 0 Å². The van der Waals surface area contributed by atoms with Crippen LogP contribution in [0, 0.1) is 5.92 Å². The SMILES string of the molecule is CCCC(OCC)C(NCC)C(C)CC. The Bertz CT molecular complexity index is 132. The molecule has 0 aromatic carbocycles. The van der Waals surface area contributed by atoms with Crippen molar-refractivity contribution in [2.24, 2.45) is 5.92 Å². The molecular formula is C13H29NO. The van der Waals surface area contributed by atoms with Crippen molar-refractivity contribution in [3.63, 3.8) is 0 Å². The Kier molecular flexibility index (Phi) is 9.12. The molecule has 3 atom stereocenters. The second-order valence-electron chi connectivity index (χ2n) is 4.25. The van der Waals surface area contributed by atoms with Crippen LogP contribution in [0.3, 0.4) is 0 Å². The van der Waals surface area contributed by atoms with Crippen molar-refractivity contribution in [1.82, 2.24) is 5.32 Å². The fraction of sp³-hybridized carbons (Fsp3) is 1.00. The first kappa shape index (κ1) is 14.9. The molecule has 0 spiro atoms. The van der Waals surface area contributed by atoms with Gasteiger partial charge in [0.25, 0.3) is 0 Å². The highest BCUT2D eigenvalue weighted by molar-refractivity contribution is 4.81. The molecule has 2 nitrogen and oxygen atoms in total. The quantitative estimate of drug-likeness (QED) is 0.637. The van der Waals surface area contributed by atoms with Crippen LogP contribution < -0.4 is 5.32 Å². The zero-order valence-corrected chi connectivity index (χ0v) is 11.2. The monoisotopic (exact) mass is 215 g/mol. The van der Waals surface area contributed by atoms with Crippen molar-refractivity contribution in [2.45, 2.75) is 66.0 Å². The molecule has 92 valence electrons. The fourth-order valence-electron chi connectivity index (χ4n) is 2.05. The Morgan fingerprint density at radius 1 is 1.13 bits per heavy atom. The highest BCUT2D eigenvalue weighted by Crippen LogP contribution is 2.17. The zero-order chi connectivity index (χ0) is 11.7. The molecule has 0 saturated carbocycles. The van der Waals surface area contributed by atoms with Gasteiger partial charge in [-0.05, 0) is 25.8 Å². The first-order valence-electron chi connectivity index (χ1n) is 6.56. The summed E-state index contributed by atoms with van der Waals surface area (Å²) < 4.78 is 5.86. The summed E-state index contributed by atoms with van der Waals surface area (Å²) in [5.74, 6) is 0.688. The lowest BCUT2D eigenvalue weighted by molar-refractivity contribution is 0.0137. The van der Waals surface area contributed by atoms with Crippen molar-refractivity contribution < 1.29 is 4.74 Å². The maximum absolute atomic E-state index is 5.86. The van der Waals surface area contributed by atoms with Gasteiger partial charge in [-0.15, -0.1) is 0 Å². The summed E-state index contributed by atoms with van der Waals surface area (Å²) in [4.78, 5) is 0. The summed E-state index contributed by atoms with van der Waals surface area (Å²) in [5.41, 5.74) is 0. The van der Waals surface area contributed by atoms with Gasteiger partial charge in [0.1, 0.15) is 0 Å². The molecule has 0 saturated heterocycles. The molecule has 0 rings (SSSR count). The van der Waals surface area contributed by atoms with Gasteiger partial charge in [0, 0.05) is 12.6 Å². The Morgan fingerprint density at radius 3 is 2.20 bits per heavy atom. The van der Waals surface area contributed by atoms with Crippen molar-refractivity contribution in [3.05, 3.63) is 0 Å². The van der Waals surface area contributed by atoms with Gasteiger partial charge in [-0.3, -0.25) is 0 Å². The van der Waals surface area contributed by atoms with E-state index in [9.17, 15) is 0 Å². The van der Waals surface area contributed by atoms with E-state index >= 15 is 0 Å². The minimum atomic E-state index is 0.384. The number of ether oxygens (including phenoxy) is 1. The summed E-state index contributed by atoms with van der Waals surface area (Å²) in [5, 5.41) is 3.58. The van der Waals surface area contributed by atoms with Crippen molar-refractivity contribution >= 4 is 0 Å². The van der Waals surface area contributed by atoms with E-state index in [-0.39, 0.29) is 0 Å². The fourth-order valence-corrected chi connectivity index (χ4v) is 2.05. The Hall–Kier alpha value is -0.0800. The number of likely N-dealkylation sites (N-methyl/N-ethyl adjacent to an activating group) is 1. The van der Waals surface area contributed by atoms with E-state index in [0.29, 0.717) is 18.1 Å². The van der Waals surface area contributed by atoms with Gasteiger partial charge in [-0.2, -0.15) is 0 Å². The largest absolute Gasteiger partial charge is 0.377 e. The lowest BCUT2D eigenvalue weighted by Crippen LogP contribution is -2.45. The molecular weight excluding hydrogens is 186 g/mol. The molecule has 3 unspecified atom stereocenters. The summed E-state index contributed by atoms with van der Waals surface area (Å²) >= 11 is 0. The normalized spacial score (nSPS) is 17.4. The highest BCUT2D eigenvalue weighted by Gasteiger charge is 2.24. The molecule has 0 aliphatic carbocycles. The first-order valence-corrected chi connectivity index (χ1v) is 6.56. The standard InChI is InChI=1S/C13H29NO/c1-6-10-12(15-9-4)13(14-8-3)11(5)7-2/h11-14H,6-10H2,1-5H3. The predicted octanol–water partition coefficient (Wildman–Crippen LogP) is 3.22. The van der Waals surface area contributed by atoms with Crippen LogP contribution in [0.15, 0.2) is 0 Å². The number of hydrogen-bond donors (Lipinski definition) is 1. The van der Waals surface area contributed by atoms with Gasteiger partial charge in [0.05, 0.1) is 6.10 Å². The van der Waals surface area contributed by atoms with E-state index < -0.39 is 0 Å². The van der Waals surface area contributed by atoms with Gasteiger partial charge >= 0.3 is 0 Å². The molecule has 0 heterocycles. The lowest BCUT2D eigenvalue weighted by atomic mass is 9.92. The van der Waals surface area contributed by atoms with E-state index in [0.717, 1.165) is 19.6 Å². The van der Waals surface area contributed by atoms with Gasteiger partial charge in [0.15, 0.2) is 0 Å². The third-order valence-corrected chi connectivity index (χ3v) is 3.05. The van der Waals surface area contributed by atoms with Crippen LogP contribution in [-0.4, -0.2) is 25.3 Å². The lowest BCUT2D eigenvalue weighted by Gasteiger charge is -2.32. The van der Waals surface area contributed by atoms with Crippen LogP contribution in [0.5, 0.6) is 0 Å². The number of nitrogens with one attached hydrogen (secondary N) is 1. The molecule has 2 heteroatoms. The van der Waals surface area contributed by atoms with Crippen molar-refractivity contribution in [2.75, 3.05) is 13.2 Å². The van der Waals surface area contributed by atoms with E-state index in [1.54, 1.807) is 0 Å². The maximum Gasteiger partial charge on any atom is 0.0730 e. The average molecular weight is 215 g/mol. The topological polar surface area (TPSA) is 21.3 Å². The van der Waals surface area contributed by atoms with Crippen LogP contribution in [0.25, 0.3) is 0 Å². The molecule has 0 aliphatic heterocycles. The molecule has 0 fully saturated rings. The summed E-state index contributed by atoms with van der Waals surface area (Å²) in [6.07, 6.45) is 3.96. The van der Waals surface area contributed by atoms with Crippen LogP contribution in [0.4, 0.5) is 0 Å². The van der Waals surface area contributed by atoms with Gasteiger partial charge in [-0.25, -0.2) is 0 Å². The molecule has 0 bridgehead atoms. The molecule has 0 radical (unpaired) electrons. The Labute approximate surface area is 95.8 Å². The predicted molar refractivity (Wildman–Crippen MR) is 67.2 cm³/mol. The molecule has 1 N–H and O–H groups in total. The average Bonchev–Trinajstić information content (AvgIpc) is 2.25. The van der Waals surface area contributed by atoms with Crippen LogP contribution in [-0.2, 0) is 4.74 Å². The van der Waals surface area contributed by atoms with E-state index in [1.165, 1.54) is 12.8 Å². The van der Waals surface area contributed by atoms with E-state index in [4.69, 9.17) is 4.74 Å². The van der Waals surface area contributed by atoms with Gasteiger partial charge in [-0.1, -0.05) is 40.5 Å². The highest BCUT2D eigenvalue weighted by atomic mass is 16.5. The summed E-state index contributed by atoms with van der Waals surface area (Å²) in [7, 11) is 0. The third-order valence-electron chi connectivity index (χ3n) is 3.05. The number of rotatable bonds is 9. The number of hydrogen-bond acceptors (Lipinski definition) is 2. The van der Waals surface area contributed by atoms with Crippen molar-refractivity contribution in [3.8, 4) is 0 Å². The van der Waals surface area contributed by atoms with Crippen LogP contribution in [0.2, 0.25) is 0 Å².